The molecule has 0 saturated heterocycles. The summed E-state index contributed by atoms with van der Waals surface area (Å²) in [6.07, 6.45) is 0. The summed E-state index contributed by atoms with van der Waals surface area (Å²) in [5.41, 5.74) is 0.921. The first-order valence-corrected chi connectivity index (χ1v) is 7.33. The van der Waals surface area contributed by atoms with Crippen LogP contribution < -0.4 is 10.6 Å². The van der Waals surface area contributed by atoms with Crippen molar-refractivity contribution in [3.63, 3.8) is 0 Å². The SMILES string of the molecule is O=C(NC(=S)Nc1cc(Cl)ccc1Cl)c1cccc(Cl)c1. The van der Waals surface area contributed by atoms with Crippen molar-refractivity contribution in [1.29, 1.82) is 0 Å². The Hall–Kier alpha value is -1.33. The number of benzene rings is 2. The van der Waals surface area contributed by atoms with Crippen LogP contribution in [0.1, 0.15) is 10.4 Å². The zero-order valence-corrected chi connectivity index (χ0v) is 13.6. The smallest absolute Gasteiger partial charge is 0.257 e. The van der Waals surface area contributed by atoms with E-state index in [9.17, 15) is 4.79 Å². The number of halogens is 3. The van der Waals surface area contributed by atoms with Crippen molar-refractivity contribution >= 4 is 63.7 Å². The summed E-state index contributed by atoms with van der Waals surface area (Å²) < 4.78 is 0. The minimum Gasteiger partial charge on any atom is -0.331 e. The topological polar surface area (TPSA) is 41.1 Å². The fourth-order valence-electron chi connectivity index (χ4n) is 1.55. The van der Waals surface area contributed by atoms with E-state index in [2.05, 4.69) is 10.6 Å². The molecule has 0 aliphatic carbocycles. The first-order chi connectivity index (χ1) is 9.95. The van der Waals surface area contributed by atoms with Crippen LogP contribution in [0.15, 0.2) is 42.5 Å². The summed E-state index contributed by atoms with van der Waals surface area (Å²) >= 11 is 22.8. The van der Waals surface area contributed by atoms with Crippen molar-refractivity contribution in [3.8, 4) is 0 Å². The van der Waals surface area contributed by atoms with Gasteiger partial charge in [0.05, 0.1) is 10.7 Å². The van der Waals surface area contributed by atoms with Crippen LogP contribution in [-0.4, -0.2) is 11.0 Å². The van der Waals surface area contributed by atoms with Crippen molar-refractivity contribution in [1.82, 2.24) is 5.32 Å². The molecule has 0 aromatic heterocycles. The average molecular weight is 360 g/mol. The Morgan fingerprint density at radius 1 is 1.00 bits per heavy atom. The van der Waals surface area contributed by atoms with E-state index in [0.717, 1.165) is 0 Å². The summed E-state index contributed by atoms with van der Waals surface area (Å²) in [4.78, 5) is 12.0. The molecule has 0 heterocycles. The van der Waals surface area contributed by atoms with Gasteiger partial charge in [-0.25, -0.2) is 0 Å². The molecule has 0 atom stereocenters. The molecule has 0 radical (unpaired) electrons. The van der Waals surface area contributed by atoms with Crippen molar-refractivity contribution in [2.75, 3.05) is 5.32 Å². The normalized spacial score (nSPS) is 10.0. The molecule has 0 bridgehead atoms. The maximum Gasteiger partial charge on any atom is 0.257 e. The van der Waals surface area contributed by atoms with E-state index in [0.29, 0.717) is 26.3 Å². The zero-order valence-electron chi connectivity index (χ0n) is 10.5. The minimum absolute atomic E-state index is 0.115. The molecule has 2 N–H and O–H groups in total. The molecule has 0 aliphatic heterocycles. The van der Waals surface area contributed by atoms with Crippen molar-refractivity contribution in [2.45, 2.75) is 0 Å². The lowest BCUT2D eigenvalue weighted by Crippen LogP contribution is -2.34. The Morgan fingerprint density at radius 2 is 1.71 bits per heavy atom. The molecule has 2 rings (SSSR count). The highest BCUT2D eigenvalue weighted by molar-refractivity contribution is 7.80. The number of rotatable bonds is 2. The van der Waals surface area contributed by atoms with Crippen LogP contribution in [0.25, 0.3) is 0 Å². The first kappa shape index (κ1) is 16.0. The molecule has 0 unspecified atom stereocenters. The van der Waals surface area contributed by atoms with Gasteiger partial charge in [-0.2, -0.15) is 0 Å². The average Bonchev–Trinajstić information content (AvgIpc) is 2.42. The molecule has 2 aromatic rings. The standard InChI is InChI=1S/C14H9Cl3N2OS/c15-9-3-1-2-8(6-9)13(20)19-14(21)18-12-7-10(16)4-5-11(12)17/h1-7H,(H2,18,19,20,21). The van der Waals surface area contributed by atoms with Crippen LogP contribution in [0, 0.1) is 0 Å². The number of hydrogen-bond acceptors (Lipinski definition) is 2. The Morgan fingerprint density at radius 3 is 2.43 bits per heavy atom. The molecule has 3 nitrogen and oxygen atoms in total. The summed E-state index contributed by atoms with van der Waals surface area (Å²) in [7, 11) is 0. The van der Waals surface area contributed by atoms with Crippen molar-refractivity contribution in [3.05, 3.63) is 63.1 Å². The Kier molecular flexibility index (Phi) is 5.42. The molecule has 108 valence electrons. The number of carbonyl (C=O) groups is 1. The van der Waals surface area contributed by atoms with E-state index in [1.54, 1.807) is 42.5 Å². The molecular formula is C14H9Cl3N2OS. The van der Waals surface area contributed by atoms with Gasteiger partial charge in [-0.15, -0.1) is 0 Å². The van der Waals surface area contributed by atoms with Gasteiger partial charge in [-0.1, -0.05) is 40.9 Å². The van der Waals surface area contributed by atoms with Crippen LogP contribution in [0.5, 0.6) is 0 Å². The Bertz CT molecular complexity index is 706. The quantitative estimate of drug-likeness (QED) is 0.759. The van der Waals surface area contributed by atoms with Gasteiger partial charge < -0.3 is 5.32 Å². The van der Waals surface area contributed by atoms with Gasteiger partial charge in [0.2, 0.25) is 0 Å². The Labute approximate surface area is 142 Å². The highest BCUT2D eigenvalue weighted by atomic mass is 35.5. The van der Waals surface area contributed by atoms with Gasteiger partial charge in [-0.05, 0) is 48.6 Å². The molecule has 0 aliphatic rings. The monoisotopic (exact) mass is 358 g/mol. The van der Waals surface area contributed by atoms with Gasteiger partial charge in [-0.3, -0.25) is 10.1 Å². The summed E-state index contributed by atoms with van der Waals surface area (Å²) in [6, 6.07) is 11.4. The predicted molar refractivity (Wildman–Crippen MR) is 91.6 cm³/mol. The highest BCUT2D eigenvalue weighted by Gasteiger charge is 2.09. The second kappa shape index (κ2) is 7.09. The maximum atomic E-state index is 12.0. The van der Waals surface area contributed by atoms with Gasteiger partial charge in [0.1, 0.15) is 0 Å². The molecule has 7 heteroatoms. The van der Waals surface area contributed by atoms with Crippen LogP contribution in [0.4, 0.5) is 5.69 Å². The van der Waals surface area contributed by atoms with E-state index in [4.69, 9.17) is 47.0 Å². The lowest BCUT2D eigenvalue weighted by atomic mass is 10.2. The fourth-order valence-corrected chi connectivity index (χ4v) is 2.28. The fraction of sp³-hybridized carbons (Fsp3) is 0. The van der Waals surface area contributed by atoms with Crippen molar-refractivity contribution in [2.24, 2.45) is 0 Å². The largest absolute Gasteiger partial charge is 0.331 e. The molecular weight excluding hydrogens is 351 g/mol. The minimum atomic E-state index is -0.367. The number of anilines is 1. The molecule has 0 spiro atoms. The second-order valence-corrected chi connectivity index (χ2v) is 5.73. The van der Waals surface area contributed by atoms with Gasteiger partial charge in [0.15, 0.2) is 5.11 Å². The van der Waals surface area contributed by atoms with Crippen LogP contribution >= 0.6 is 47.0 Å². The summed E-state index contributed by atoms with van der Waals surface area (Å²) in [5, 5.41) is 6.89. The summed E-state index contributed by atoms with van der Waals surface area (Å²) in [6.45, 7) is 0. The van der Waals surface area contributed by atoms with E-state index in [1.165, 1.54) is 0 Å². The van der Waals surface area contributed by atoms with E-state index >= 15 is 0 Å². The number of carbonyl (C=O) groups excluding carboxylic acids is 1. The predicted octanol–water partition coefficient (Wildman–Crippen LogP) is 4.77. The number of amides is 1. The highest BCUT2D eigenvalue weighted by Crippen LogP contribution is 2.25. The van der Waals surface area contributed by atoms with Crippen LogP contribution in [0.3, 0.4) is 0 Å². The molecule has 0 saturated carbocycles. The molecule has 21 heavy (non-hydrogen) atoms. The van der Waals surface area contributed by atoms with E-state index in [1.807, 2.05) is 0 Å². The van der Waals surface area contributed by atoms with Gasteiger partial charge in [0.25, 0.3) is 5.91 Å². The second-order valence-electron chi connectivity index (χ2n) is 4.04. The third kappa shape index (κ3) is 4.58. The first-order valence-electron chi connectivity index (χ1n) is 5.78. The number of thiocarbonyl (C=S) groups is 1. The lowest BCUT2D eigenvalue weighted by molar-refractivity contribution is 0.0977. The van der Waals surface area contributed by atoms with Gasteiger partial charge in [0, 0.05) is 15.6 Å². The van der Waals surface area contributed by atoms with E-state index in [-0.39, 0.29) is 11.0 Å². The van der Waals surface area contributed by atoms with Crippen LogP contribution in [-0.2, 0) is 0 Å². The lowest BCUT2D eigenvalue weighted by Gasteiger charge is -2.11. The third-order valence-electron chi connectivity index (χ3n) is 2.49. The maximum absolute atomic E-state index is 12.0. The van der Waals surface area contributed by atoms with E-state index < -0.39 is 0 Å². The zero-order chi connectivity index (χ0) is 15.4. The molecule has 2 aromatic carbocycles. The molecule has 1 amide bonds. The molecule has 0 fully saturated rings. The summed E-state index contributed by atoms with van der Waals surface area (Å²) in [5.74, 6) is -0.367. The third-order valence-corrected chi connectivity index (χ3v) is 3.49. The number of nitrogens with one attached hydrogen (secondary N) is 2. The van der Waals surface area contributed by atoms with Crippen molar-refractivity contribution < 1.29 is 4.79 Å². The van der Waals surface area contributed by atoms with Crippen LogP contribution in [0.2, 0.25) is 15.1 Å². The van der Waals surface area contributed by atoms with Gasteiger partial charge >= 0.3 is 0 Å². The number of hydrogen-bond donors (Lipinski definition) is 2. The Balaban J connectivity index is 2.05.